The smallest absolute Gasteiger partial charge is 0.134 e. The Hall–Kier alpha value is -1.26. The summed E-state index contributed by atoms with van der Waals surface area (Å²) in [5.74, 6) is 0.717. The van der Waals surface area contributed by atoms with Crippen LogP contribution in [0.1, 0.15) is 30.7 Å². The Labute approximate surface area is 121 Å². The quantitative estimate of drug-likeness (QED) is 0.934. The van der Waals surface area contributed by atoms with Gasteiger partial charge in [0.2, 0.25) is 0 Å². The molecule has 19 heavy (non-hydrogen) atoms. The number of hydrogen-bond acceptors (Lipinski definition) is 3. The number of hydrogen-bond donors (Lipinski definition) is 1. The van der Waals surface area contributed by atoms with Crippen molar-refractivity contribution < 1.29 is 5.11 Å². The predicted molar refractivity (Wildman–Crippen MR) is 80.0 cm³/mol. The van der Waals surface area contributed by atoms with Gasteiger partial charge >= 0.3 is 0 Å². The number of aromatic nitrogens is 2. The first kappa shape index (κ1) is 14.2. The second-order valence-electron chi connectivity index (χ2n) is 4.55. The molecule has 1 N–H and O–H groups in total. The van der Waals surface area contributed by atoms with Crippen molar-refractivity contribution in [3.05, 3.63) is 46.3 Å². The Balaban J connectivity index is 2.45. The van der Waals surface area contributed by atoms with Gasteiger partial charge in [-0.3, -0.25) is 0 Å². The van der Waals surface area contributed by atoms with E-state index in [9.17, 15) is 5.11 Å². The summed E-state index contributed by atoms with van der Waals surface area (Å²) >= 11 is 3.48. The molecule has 1 aromatic heterocycles. The molecule has 100 valence electrons. The van der Waals surface area contributed by atoms with E-state index in [0.717, 1.165) is 22.2 Å². The second-order valence-corrected chi connectivity index (χ2v) is 5.46. The van der Waals surface area contributed by atoms with Gasteiger partial charge < -0.3 is 5.11 Å². The van der Waals surface area contributed by atoms with Crippen LogP contribution in [-0.4, -0.2) is 21.7 Å². The van der Waals surface area contributed by atoms with Crippen molar-refractivity contribution in [3.8, 4) is 11.3 Å². The molecule has 2 rings (SSSR count). The van der Waals surface area contributed by atoms with Crippen LogP contribution in [0, 0.1) is 6.92 Å². The van der Waals surface area contributed by atoms with Gasteiger partial charge in [0.25, 0.3) is 0 Å². The average molecular weight is 321 g/mol. The summed E-state index contributed by atoms with van der Waals surface area (Å²) in [7, 11) is 0. The van der Waals surface area contributed by atoms with Crippen LogP contribution >= 0.6 is 15.9 Å². The van der Waals surface area contributed by atoms with Crippen molar-refractivity contribution >= 4 is 15.9 Å². The maximum absolute atomic E-state index is 9.35. The molecule has 1 unspecified atom stereocenters. The minimum Gasteiger partial charge on any atom is -0.396 e. The largest absolute Gasteiger partial charge is 0.396 e. The van der Waals surface area contributed by atoms with E-state index in [0.29, 0.717) is 5.82 Å². The molecule has 2 aromatic rings. The lowest BCUT2D eigenvalue weighted by Gasteiger charge is -2.12. The number of benzene rings is 1. The molecule has 1 atom stereocenters. The number of aryl methyl sites for hydroxylation is 1. The molecule has 1 aromatic carbocycles. The summed E-state index contributed by atoms with van der Waals surface area (Å²) in [4.78, 5) is 8.87. The number of aliphatic hydroxyl groups excluding tert-OH is 1. The number of aliphatic hydroxyl groups is 1. The van der Waals surface area contributed by atoms with Gasteiger partial charge in [-0.25, -0.2) is 9.97 Å². The molecular weight excluding hydrogens is 304 g/mol. The molecule has 1 heterocycles. The van der Waals surface area contributed by atoms with Crippen molar-refractivity contribution in [2.45, 2.75) is 26.2 Å². The minimum absolute atomic E-state index is 0.00686. The standard InChI is InChI=1S/C15H17BrN2O/c1-3-11(9-19)15-17-7-6-14(18-15)13-8-12(16)5-4-10(13)2/h4-8,11,19H,3,9H2,1-2H3. The summed E-state index contributed by atoms with van der Waals surface area (Å²) in [6.07, 6.45) is 2.59. The lowest BCUT2D eigenvalue weighted by Crippen LogP contribution is -2.08. The second kappa shape index (κ2) is 6.26. The van der Waals surface area contributed by atoms with E-state index < -0.39 is 0 Å². The van der Waals surface area contributed by atoms with E-state index >= 15 is 0 Å². The molecule has 0 aliphatic heterocycles. The van der Waals surface area contributed by atoms with Crippen molar-refractivity contribution in [2.24, 2.45) is 0 Å². The SMILES string of the molecule is CCC(CO)c1nccc(-c2cc(Br)ccc2C)n1. The molecule has 3 nitrogen and oxygen atoms in total. The third-order valence-electron chi connectivity index (χ3n) is 3.23. The Morgan fingerprint density at radius 1 is 1.32 bits per heavy atom. The molecule has 0 saturated heterocycles. The van der Waals surface area contributed by atoms with E-state index in [1.807, 2.05) is 19.1 Å². The third kappa shape index (κ3) is 3.19. The highest BCUT2D eigenvalue weighted by Crippen LogP contribution is 2.26. The Bertz CT molecular complexity index is 568. The van der Waals surface area contributed by atoms with Crippen LogP contribution < -0.4 is 0 Å². The van der Waals surface area contributed by atoms with E-state index in [4.69, 9.17) is 0 Å². The molecular formula is C15H17BrN2O. The first-order chi connectivity index (χ1) is 9.15. The lowest BCUT2D eigenvalue weighted by molar-refractivity contribution is 0.257. The topological polar surface area (TPSA) is 46.0 Å². The van der Waals surface area contributed by atoms with Gasteiger partial charge in [-0.15, -0.1) is 0 Å². The van der Waals surface area contributed by atoms with Crippen LogP contribution in [0.5, 0.6) is 0 Å². The Morgan fingerprint density at radius 3 is 2.79 bits per heavy atom. The van der Waals surface area contributed by atoms with Gasteiger partial charge in [-0.05, 0) is 37.1 Å². The van der Waals surface area contributed by atoms with E-state index in [-0.39, 0.29) is 12.5 Å². The maximum atomic E-state index is 9.35. The number of halogens is 1. The molecule has 0 spiro atoms. The average Bonchev–Trinajstić information content (AvgIpc) is 2.43. The molecule has 0 fully saturated rings. The molecule has 0 radical (unpaired) electrons. The fourth-order valence-electron chi connectivity index (χ4n) is 1.98. The molecule has 0 amide bonds. The van der Waals surface area contributed by atoms with Gasteiger partial charge in [0, 0.05) is 22.2 Å². The number of nitrogens with zero attached hydrogens (tertiary/aromatic N) is 2. The molecule has 4 heteroatoms. The summed E-state index contributed by atoms with van der Waals surface area (Å²) < 4.78 is 1.03. The summed E-state index contributed by atoms with van der Waals surface area (Å²) in [6.45, 7) is 4.17. The Kier molecular flexibility index (Phi) is 4.66. The van der Waals surface area contributed by atoms with Gasteiger partial charge in [-0.1, -0.05) is 28.9 Å². The van der Waals surface area contributed by atoms with Crippen molar-refractivity contribution in [2.75, 3.05) is 6.61 Å². The first-order valence-electron chi connectivity index (χ1n) is 6.36. The molecule has 0 saturated carbocycles. The number of rotatable bonds is 4. The van der Waals surface area contributed by atoms with E-state index in [2.05, 4.69) is 45.0 Å². The van der Waals surface area contributed by atoms with Crippen LogP contribution in [0.15, 0.2) is 34.9 Å². The van der Waals surface area contributed by atoms with E-state index in [1.54, 1.807) is 6.20 Å². The predicted octanol–water partition coefficient (Wildman–Crippen LogP) is 3.70. The zero-order chi connectivity index (χ0) is 13.8. The summed E-state index contributed by atoms with van der Waals surface area (Å²) in [6, 6.07) is 8.04. The first-order valence-corrected chi connectivity index (χ1v) is 7.15. The molecule has 0 aliphatic carbocycles. The molecule has 0 bridgehead atoms. The zero-order valence-corrected chi connectivity index (χ0v) is 12.7. The van der Waals surface area contributed by atoms with Crippen LogP contribution in [0.3, 0.4) is 0 Å². The van der Waals surface area contributed by atoms with Crippen molar-refractivity contribution in [3.63, 3.8) is 0 Å². The molecule has 0 aliphatic rings. The normalized spacial score (nSPS) is 12.4. The van der Waals surface area contributed by atoms with E-state index in [1.165, 1.54) is 5.56 Å². The van der Waals surface area contributed by atoms with Crippen molar-refractivity contribution in [1.29, 1.82) is 0 Å². The minimum atomic E-state index is 0.00686. The fraction of sp³-hybridized carbons (Fsp3) is 0.333. The van der Waals surface area contributed by atoms with Gasteiger partial charge in [0.15, 0.2) is 0 Å². The zero-order valence-electron chi connectivity index (χ0n) is 11.1. The summed E-state index contributed by atoms with van der Waals surface area (Å²) in [5.41, 5.74) is 3.16. The van der Waals surface area contributed by atoms with Crippen LogP contribution in [0.25, 0.3) is 11.3 Å². The third-order valence-corrected chi connectivity index (χ3v) is 3.72. The fourth-order valence-corrected chi connectivity index (χ4v) is 2.35. The summed E-state index contributed by atoms with van der Waals surface area (Å²) in [5, 5.41) is 9.35. The maximum Gasteiger partial charge on any atom is 0.134 e. The lowest BCUT2D eigenvalue weighted by atomic mass is 10.0. The van der Waals surface area contributed by atoms with Gasteiger partial charge in [0.1, 0.15) is 5.82 Å². The van der Waals surface area contributed by atoms with Gasteiger partial charge in [-0.2, -0.15) is 0 Å². The van der Waals surface area contributed by atoms with Crippen molar-refractivity contribution in [1.82, 2.24) is 9.97 Å². The highest BCUT2D eigenvalue weighted by molar-refractivity contribution is 9.10. The monoisotopic (exact) mass is 320 g/mol. The van der Waals surface area contributed by atoms with Crippen LogP contribution in [0.4, 0.5) is 0 Å². The van der Waals surface area contributed by atoms with Crippen LogP contribution in [-0.2, 0) is 0 Å². The van der Waals surface area contributed by atoms with Gasteiger partial charge in [0.05, 0.1) is 12.3 Å². The van der Waals surface area contributed by atoms with Crippen LogP contribution in [0.2, 0.25) is 0 Å². The highest BCUT2D eigenvalue weighted by Gasteiger charge is 2.13. The Morgan fingerprint density at radius 2 is 2.11 bits per heavy atom. The highest BCUT2D eigenvalue weighted by atomic mass is 79.9.